The summed E-state index contributed by atoms with van der Waals surface area (Å²) >= 11 is 0. The van der Waals surface area contributed by atoms with Crippen molar-refractivity contribution in [3.63, 3.8) is 0 Å². The van der Waals surface area contributed by atoms with E-state index in [9.17, 15) is 0 Å². The van der Waals surface area contributed by atoms with Gasteiger partial charge in [0, 0.05) is 5.69 Å². The van der Waals surface area contributed by atoms with Gasteiger partial charge in [0.15, 0.2) is 0 Å². The summed E-state index contributed by atoms with van der Waals surface area (Å²) in [5, 5.41) is 0. The smallest absolute Gasteiger partial charge is 0.0314 e. The van der Waals surface area contributed by atoms with Gasteiger partial charge in [0.2, 0.25) is 0 Å². The van der Waals surface area contributed by atoms with Crippen LogP contribution in [0.15, 0.2) is 54.6 Å². The zero-order valence-electron chi connectivity index (χ0n) is 13.7. The molecule has 2 aromatic carbocycles. The third-order valence-corrected chi connectivity index (χ3v) is 6.97. The first-order valence-electron chi connectivity index (χ1n) is 9.09. The highest BCUT2D eigenvalue weighted by molar-refractivity contribution is 5.44. The molecule has 0 radical (unpaired) electrons. The van der Waals surface area contributed by atoms with E-state index in [-0.39, 0.29) is 0 Å². The van der Waals surface area contributed by atoms with Gasteiger partial charge in [-0.1, -0.05) is 42.5 Å². The molecule has 0 spiro atoms. The minimum atomic E-state index is 0.396. The van der Waals surface area contributed by atoms with Gasteiger partial charge in [-0.25, -0.2) is 0 Å². The maximum absolute atomic E-state index is 5.94. The monoisotopic (exact) mass is 303 g/mol. The van der Waals surface area contributed by atoms with Gasteiger partial charge in [0.05, 0.1) is 0 Å². The highest BCUT2D eigenvalue weighted by Crippen LogP contribution is 2.66. The van der Waals surface area contributed by atoms with Gasteiger partial charge in [-0.2, -0.15) is 0 Å². The van der Waals surface area contributed by atoms with E-state index in [4.69, 9.17) is 5.73 Å². The Morgan fingerprint density at radius 3 is 1.78 bits per heavy atom. The van der Waals surface area contributed by atoms with Crippen LogP contribution in [-0.2, 0) is 10.8 Å². The van der Waals surface area contributed by atoms with Crippen molar-refractivity contribution in [2.45, 2.75) is 49.4 Å². The van der Waals surface area contributed by atoms with Gasteiger partial charge in [0.1, 0.15) is 0 Å². The van der Waals surface area contributed by atoms with Crippen LogP contribution < -0.4 is 5.73 Å². The quantitative estimate of drug-likeness (QED) is 0.771. The van der Waals surface area contributed by atoms with Crippen molar-refractivity contribution in [2.24, 2.45) is 11.8 Å². The van der Waals surface area contributed by atoms with Gasteiger partial charge in [0.25, 0.3) is 0 Å². The Labute approximate surface area is 138 Å². The standard InChI is InChI=1S/C22H25N/c23-20-8-6-19(7-9-20)22-13-16-10-17(14-22)12-21(11-16,15-22)18-4-2-1-3-5-18/h1-9,16-17H,10-15,23H2/t16-,17-,21?,22?/m0/s1. The third-order valence-electron chi connectivity index (χ3n) is 6.97. The topological polar surface area (TPSA) is 26.0 Å². The largest absolute Gasteiger partial charge is 0.399 e. The lowest BCUT2D eigenvalue weighted by Gasteiger charge is -2.62. The molecule has 4 fully saturated rings. The lowest BCUT2D eigenvalue weighted by Crippen LogP contribution is -2.55. The van der Waals surface area contributed by atoms with Crippen molar-refractivity contribution in [1.82, 2.24) is 0 Å². The zero-order chi connectivity index (χ0) is 15.5. The molecular formula is C22H25N. The SMILES string of the molecule is Nc1ccc(C23C[C@H]4C[C@@H](CC(c5ccccc5)(C4)C2)C3)cc1. The first kappa shape index (κ1) is 13.7. The average molecular weight is 303 g/mol. The van der Waals surface area contributed by atoms with Crippen LogP contribution in [0.4, 0.5) is 5.69 Å². The number of nitrogens with two attached hydrogens (primary N) is 1. The van der Waals surface area contributed by atoms with E-state index >= 15 is 0 Å². The Kier molecular flexibility index (Phi) is 2.75. The summed E-state index contributed by atoms with van der Waals surface area (Å²) in [4.78, 5) is 0. The lowest BCUT2D eigenvalue weighted by atomic mass is 9.42. The highest BCUT2D eigenvalue weighted by Gasteiger charge is 2.58. The molecule has 0 unspecified atom stereocenters. The van der Waals surface area contributed by atoms with Crippen molar-refractivity contribution in [3.05, 3.63) is 65.7 Å². The van der Waals surface area contributed by atoms with Crippen molar-refractivity contribution < 1.29 is 0 Å². The molecule has 0 aromatic heterocycles. The molecule has 4 aliphatic carbocycles. The molecule has 0 saturated heterocycles. The maximum Gasteiger partial charge on any atom is 0.0314 e. The van der Waals surface area contributed by atoms with Gasteiger partial charge in [-0.3, -0.25) is 0 Å². The Hall–Kier alpha value is -1.76. The summed E-state index contributed by atoms with van der Waals surface area (Å²) in [6.07, 6.45) is 8.39. The molecule has 2 aromatic rings. The third kappa shape index (κ3) is 1.99. The van der Waals surface area contributed by atoms with E-state index in [0.717, 1.165) is 17.5 Å². The molecule has 23 heavy (non-hydrogen) atoms. The van der Waals surface area contributed by atoms with Crippen molar-refractivity contribution in [2.75, 3.05) is 5.73 Å². The molecule has 6 rings (SSSR count). The van der Waals surface area contributed by atoms with E-state index in [1.165, 1.54) is 38.5 Å². The molecule has 1 heteroatoms. The number of anilines is 1. The van der Waals surface area contributed by atoms with Crippen LogP contribution in [0.3, 0.4) is 0 Å². The fraction of sp³-hybridized carbons (Fsp3) is 0.455. The number of rotatable bonds is 2. The molecule has 4 bridgehead atoms. The molecule has 0 heterocycles. The predicted molar refractivity (Wildman–Crippen MR) is 95.3 cm³/mol. The maximum atomic E-state index is 5.94. The van der Waals surface area contributed by atoms with Gasteiger partial charge in [-0.05, 0) is 84.5 Å². The number of benzene rings is 2. The summed E-state index contributed by atoms with van der Waals surface area (Å²) in [7, 11) is 0. The minimum absolute atomic E-state index is 0.396. The van der Waals surface area contributed by atoms with Gasteiger partial charge < -0.3 is 5.73 Å². The number of hydrogen-bond acceptors (Lipinski definition) is 1. The van der Waals surface area contributed by atoms with Crippen LogP contribution in [0.5, 0.6) is 0 Å². The molecule has 4 saturated carbocycles. The van der Waals surface area contributed by atoms with Crippen LogP contribution in [0.2, 0.25) is 0 Å². The van der Waals surface area contributed by atoms with Crippen molar-refractivity contribution >= 4 is 5.69 Å². The second kappa shape index (κ2) is 4.63. The Morgan fingerprint density at radius 1 is 0.696 bits per heavy atom. The van der Waals surface area contributed by atoms with E-state index in [0.29, 0.717) is 10.8 Å². The molecule has 0 amide bonds. The Balaban J connectivity index is 1.61. The summed E-state index contributed by atoms with van der Waals surface area (Å²) in [5.41, 5.74) is 10.8. The molecule has 2 N–H and O–H groups in total. The summed E-state index contributed by atoms with van der Waals surface area (Å²) < 4.78 is 0. The molecule has 0 aliphatic heterocycles. The van der Waals surface area contributed by atoms with E-state index in [2.05, 4.69) is 54.6 Å². The first-order valence-corrected chi connectivity index (χ1v) is 9.09. The molecule has 118 valence electrons. The molecule has 1 nitrogen and oxygen atoms in total. The predicted octanol–water partition coefficient (Wildman–Crippen LogP) is 5.06. The fourth-order valence-corrected chi connectivity index (χ4v) is 6.57. The number of nitrogen functional groups attached to an aromatic ring is 1. The van der Waals surface area contributed by atoms with Gasteiger partial charge >= 0.3 is 0 Å². The van der Waals surface area contributed by atoms with Crippen molar-refractivity contribution in [3.8, 4) is 0 Å². The van der Waals surface area contributed by atoms with Crippen LogP contribution in [-0.4, -0.2) is 0 Å². The van der Waals surface area contributed by atoms with Crippen LogP contribution in [0.25, 0.3) is 0 Å². The second-order valence-electron chi connectivity index (χ2n) is 8.51. The zero-order valence-corrected chi connectivity index (χ0v) is 13.7. The molecule has 4 aliphatic rings. The van der Waals surface area contributed by atoms with Crippen molar-refractivity contribution in [1.29, 1.82) is 0 Å². The van der Waals surface area contributed by atoms with Gasteiger partial charge in [-0.15, -0.1) is 0 Å². The van der Waals surface area contributed by atoms with E-state index < -0.39 is 0 Å². The Bertz CT molecular complexity index is 701. The van der Waals surface area contributed by atoms with E-state index in [1.54, 1.807) is 11.1 Å². The molecule has 2 atom stereocenters. The summed E-state index contributed by atoms with van der Waals surface area (Å²) in [6, 6.07) is 20.2. The van der Waals surface area contributed by atoms with Crippen LogP contribution in [0, 0.1) is 11.8 Å². The van der Waals surface area contributed by atoms with Crippen LogP contribution >= 0.6 is 0 Å². The minimum Gasteiger partial charge on any atom is -0.399 e. The number of hydrogen-bond donors (Lipinski definition) is 1. The summed E-state index contributed by atoms with van der Waals surface area (Å²) in [6.45, 7) is 0. The first-order chi connectivity index (χ1) is 11.2. The molecular weight excluding hydrogens is 278 g/mol. The summed E-state index contributed by atoms with van der Waals surface area (Å²) in [5.74, 6) is 1.82. The fourth-order valence-electron chi connectivity index (χ4n) is 6.57. The lowest BCUT2D eigenvalue weighted by molar-refractivity contribution is -0.0281. The van der Waals surface area contributed by atoms with E-state index in [1.807, 2.05) is 0 Å². The highest BCUT2D eigenvalue weighted by atomic mass is 14.6. The second-order valence-corrected chi connectivity index (χ2v) is 8.51. The van der Waals surface area contributed by atoms with Crippen LogP contribution in [0.1, 0.15) is 49.7 Å². The Morgan fingerprint density at radius 2 is 1.22 bits per heavy atom. The normalized spacial score (nSPS) is 37.9. The average Bonchev–Trinajstić information content (AvgIpc) is 2.55.